The number of halogens is 1. The van der Waals surface area contributed by atoms with Gasteiger partial charge in [-0.1, -0.05) is 30.9 Å². The average Bonchev–Trinajstić information content (AvgIpc) is 2.49. The molecule has 1 aromatic rings. The van der Waals surface area contributed by atoms with E-state index >= 15 is 0 Å². The molecule has 4 heteroatoms. The van der Waals surface area contributed by atoms with E-state index in [-0.39, 0.29) is 5.97 Å². The molecule has 110 valence electrons. The zero-order chi connectivity index (χ0) is 14.5. The van der Waals surface area contributed by atoms with Crippen molar-refractivity contribution in [1.82, 2.24) is 0 Å². The molecule has 1 atom stereocenters. The van der Waals surface area contributed by atoms with Crippen LogP contribution in [0.4, 0.5) is 0 Å². The Hall–Kier alpha value is -1.22. The highest BCUT2D eigenvalue weighted by molar-refractivity contribution is 6.30. The topological polar surface area (TPSA) is 35.5 Å². The molecule has 0 heterocycles. The van der Waals surface area contributed by atoms with Crippen LogP contribution in [0.2, 0.25) is 5.02 Å². The van der Waals surface area contributed by atoms with E-state index in [1.54, 1.807) is 13.0 Å². The largest absolute Gasteiger partial charge is 0.479 e. The smallest absolute Gasteiger partial charge is 0.346 e. The van der Waals surface area contributed by atoms with Gasteiger partial charge in [-0.05, 0) is 49.4 Å². The molecule has 1 aliphatic carbocycles. The highest BCUT2D eigenvalue weighted by Gasteiger charge is 2.22. The minimum absolute atomic E-state index is 0.366. The van der Waals surface area contributed by atoms with E-state index < -0.39 is 6.10 Å². The Morgan fingerprint density at radius 2 is 2.00 bits per heavy atom. The molecule has 1 saturated carbocycles. The maximum absolute atomic E-state index is 11.5. The first-order valence-electron chi connectivity index (χ1n) is 7.15. The SMILES string of the molecule is COC(=O)[C@@H](C)Oc1ccc(Cl)cc1C1CCCCC1. The lowest BCUT2D eigenvalue weighted by Gasteiger charge is -2.25. The van der Waals surface area contributed by atoms with Crippen molar-refractivity contribution < 1.29 is 14.3 Å². The first kappa shape index (κ1) is 15.2. The van der Waals surface area contributed by atoms with Crippen LogP contribution in [0.15, 0.2) is 18.2 Å². The number of benzene rings is 1. The second-order valence-electron chi connectivity index (χ2n) is 5.30. The summed E-state index contributed by atoms with van der Waals surface area (Å²) in [6.45, 7) is 1.70. The van der Waals surface area contributed by atoms with Gasteiger partial charge in [-0.15, -0.1) is 0 Å². The van der Waals surface area contributed by atoms with Crippen LogP contribution in [0.5, 0.6) is 5.75 Å². The van der Waals surface area contributed by atoms with Gasteiger partial charge in [0.15, 0.2) is 6.10 Å². The first-order valence-corrected chi connectivity index (χ1v) is 7.53. The van der Waals surface area contributed by atoms with Crippen molar-refractivity contribution in [3.05, 3.63) is 28.8 Å². The zero-order valence-electron chi connectivity index (χ0n) is 12.0. The summed E-state index contributed by atoms with van der Waals surface area (Å²) in [5.74, 6) is 0.857. The fourth-order valence-corrected chi connectivity index (χ4v) is 2.94. The number of rotatable bonds is 4. The van der Waals surface area contributed by atoms with Gasteiger partial charge in [0, 0.05) is 5.02 Å². The third-order valence-corrected chi connectivity index (χ3v) is 4.09. The molecule has 2 rings (SSSR count). The quantitative estimate of drug-likeness (QED) is 0.776. The lowest BCUT2D eigenvalue weighted by Crippen LogP contribution is -2.25. The molecule has 0 aromatic heterocycles. The monoisotopic (exact) mass is 296 g/mol. The van der Waals surface area contributed by atoms with Crippen LogP contribution < -0.4 is 4.74 Å². The zero-order valence-corrected chi connectivity index (χ0v) is 12.8. The molecule has 0 aliphatic heterocycles. The molecule has 3 nitrogen and oxygen atoms in total. The summed E-state index contributed by atoms with van der Waals surface area (Å²) in [6.07, 6.45) is 5.48. The molecule has 1 aromatic carbocycles. The second-order valence-corrected chi connectivity index (χ2v) is 5.74. The third-order valence-electron chi connectivity index (χ3n) is 3.85. The predicted molar refractivity (Wildman–Crippen MR) is 79.4 cm³/mol. The highest BCUT2D eigenvalue weighted by atomic mass is 35.5. The summed E-state index contributed by atoms with van der Waals surface area (Å²) in [5, 5.41) is 0.712. The number of ether oxygens (including phenoxy) is 2. The van der Waals surface area contributed by atoms with Crippen molar-refractivity contribution >= 4 is 17.6 Å². The molecule has 20 heavy (non-hydrogen) atoms. The predicted octanol–water partition coefficient (Wildman–Crippen LogP) is 4.33. The second kappa shape index (κ2) is 6.98. The molecule has 1 aliphatic rings. The molecule has 0 N–H and O–H groups in total. The summed E-state index contributed by atoms with van der Waals surface area (Å²) in [6, 6.07) is 5.62. The fourth-order valence-electron chi connectivity index (χ4n) is 2.76. The Balaban J connectivity index is 2.21. The third kappa shape index (κ3) is 3.66. The first-order chi connectivity index (χ1) is 9.61. The minimum Gasteiger partial charge on any atom is -0.479 e. The average molecular weight is 297 g/mol. The molecule has 0 radical (unpaired) electrons. The van der Waals surface area contributed by atoms with Crippen LogP contribution >= 0.6 is 11.6 Å². The van der Waals surface area contributed by atoms with Crippen molar-refractivity contribution in [2.45, 2.75) is 51.0 Å². The van der Waals surface area contributed by atoms with Crippen LogP contribution in [0, 0.1) is 0 Å². The Labute approximate surface area is 125 Å². The Morgan fingerprint density at radius 3 is 2.65 bits per heavy atom. The molecule has 0 spiro atoms. The van der Waals surface area contributed by atoms with E-state index in [2.05, 4.69) is 0 Å². The van der Waals surface area contributed by atoms with Crippen molar-refractivity contribution in [2.75, 3.05) is 7.11 Å². The van der Waals surface area contributed by atoms with Crippen molar-refractivity contribution in [1.29, 1.82) is 0 Å². The number of hydrogen-bond acceptors (Lipinski definition) is 3. The van der Waals surface area contributed by atoms with Gasteiger partial charge in [-0.25, -0.2) is 4.79 Å². The molecule has 0 unspecified atom stereocenters. The molecule has 0 bridgehead atoms. The van der Waals surface area contributed by atoms with Gasteiger partial charge in [0.05, 0.1) is 7.11 Å². The number of esters is 1. The normalized spacial score (nSPS) is 17.6. The minimum atomic E-state index is -0.608. The van der Waals surface area contributed by atoms with E-state index in [1.807, 2.05) is 12.1 Å². The summed E-state index contributed by atoms with van der Waals surface area (Å²) in [4.78, 5) is 11.5. The maximum Gasteiger partial charge on any atom is 0.346 e. The Kier molecular flexibility index (Phi) is 5.30. The Morgan fingerprint density at radius 1 is 1.30 bits per heavy atom. The highest BCUT2D eigenvalue weighted by Crippen LogP contribution is 2.39. The number of carbonyl (C=O) groups excluding carboxylic acids is 1. The van der Waals surface area contributed by atoms with Gasteiger partial charge in [0.1, 0.15) is 5.75 Å². The molecule has 0 amide bonds. The van der Waals surface area contributed by atoms with Gasteiger partial charge < -0.3 is 9.47 Å². The van der Waals surface area contributed by atoms with Gasteiger partial charge in [-0.3, -0.25) is 0 Å². The van der Waals surface area contributed by atoms with Crippen LogP contribution in [0.1, 0.15) is 50.5 Å². The van der Waals surface area contributed by atoms with E-state index in [4.69, 9.17) is 21.1 Å². The lowest BCUT2D eigenvalue weighted by molar-refractivity contribution is -0.147. The molecular formula is C16H21ClO3. The molecule has 1 fully saturated rings. The van der Waals surface area contributed by atoms with Crippen molar-refractivity contribution in [2.24, 2.45) is 0 Å². The molecular weight excluding hydrogens is 276 g/mol. The van der Waals surface area contributed by atoms with Gasteiger partial charge in [-0.2, -0.15) is 0 Å². The standard InChI is InChI=1S/C16H21ClO3/c1-11(16(18)19-2)20-15-9-8-13(17)10-14(15)12-6-4-3-5-7-12/h8-12H,3-7H2,1-2H3/t11-/m1/s1. The van der Waals surface area contributed by atoms with E-state index in [9.17, 15) is 4.79 Å². The summed E-state index contributed by atoms with van der Waals surface area (Å²) in [5.41, 5.74) is 1.12. The van der Waals surface area contributed by atoms with Crippen LogP contribution in [-0.2, 0) is 9.53 Å². The number of methoxy groups -OCH3 is 1. The van der Waals surface area contributed by atoms with Gasteiger partial charge in [0.25, 0.3) is 0 Å². The van der Waals surface area contributed by atoms with E-state index in [0.29, 0.717) is 10.9 Å². The van der Waals surface area contributed by atoms with Crippen LogP contribution in [0.3, 0.4) is 0 Å². The van der Waals surface area contributed by atoms with E-state index in [0.717, 1.165) is 24.2 Å². The fraction of sp³-hybridized carbons (Fsp3) is 0.562. The van der Waals surface area contributed by atoms with Crippen molar-refractivity contribution in [3.8, 4) is 5.75 Å². The van der Waals surface area contributed by atoms with Crippen LogP contribution in [0.25, 0.3) is 0 Å². The number of hydrogen-bond donors (Lipinski definition) is 0. The van der Waals surface area contributed by atoms with E-state index in [1.165, 1.54) is 26.4 Å². The number of carbonyl (C=O) groups is 1. The van der Waals surface area contributed by atoms with Crippen LogP contribution in [-0.4, -0.2) is 19.2 Å². The maximum atomic E-state index is 11.5. The molecule has 0 saturated heterocycles. The lowest BCUT2D eigenvalue weighted by atomic mass is 9.83. The summed E-state index contributed by atoms with van der Waals surface area (Å²) >= 11 is 6.12. The van der Waals surface area contributed by atoms with Gasteiger partial charge in [0.2, 0.25) is 0 Å². The van der Waals surface area contributed by atoms with Crippen molar-refractivity contribution in [3.63, 3.8) is 0 Å². The van der Waals surface area contributed by atoms with Gasteiger partial charge >= 0.3 is 5.97 Å². The summed E-state index contributed by atoms with van der Waals surface area (Å²) < 4.78 is 10.5. The summed E-state index contributed by atoms with van der Waals surface area (Å²) in [7, 11) is 1.37. The Bertz CT molecular complexity index is 467.